The fourth-order valence-corrected chi connectivity index (χ4v) is 2.65. The number of amides is 1. The largest absolute Gasteiger partial charge is 0.456 e. The van der Waals surface area contributed by atoms with Crippen LogP contribution in [0.1, 0.15) is 11.3 Å². The number of benzene rings is 1. The Morgan fingerprint density at radius 1 is 1.17 bits per heavy atom. The molecule has 0 unspecified atom stereocenters. The van der Waals surface area contributed by atoms with Gasteiger partial charge < -0.3 is 15.0 Å². The number of thiophene rings is 1. The van der Waals surface area contributed by atoms with Crippen LogP contribution in [0.25, 0.3) is 0 Å². The second kappa shape index (κ2) is 8.33. The first-order chi connectivity index (χ1) is 11.0. The minimum atomic E-state index is -0.364. The zero-order valence-electron chi connectivity index (χ0n) is 13.2. The fraction of sp³-hybridized carbons (Fsp3) is 0.294. The minimum Gasteiger partial charge on any atom is -0.456 e. The molecule has 0 bridgehead atoms. The monoisotopic (exact) mass is 332 g/mol. The van der Waals surface area contributed by atoms with Crippen molar-refractivity contribution in [3.63, 3.8) is 0 Å². The van der Waals surface area contributed by atoms with E-state index in [-0.39, 0.29) is 24.9 Å². The summed E-state index contributed by atoms with van der Waals surface area (Å²) < 4.78 is 4.98. The highest BCUT2D eigenvalue weighted by molar-refractivity contribution is 7.09. The van der Waals surface area contributed by atoms with Gasteiger partial charge in [0.05, 0.1) is 6.42 Å². The molecule has 1 aromatic carbocycles. The number of rotatable bonds is 7. The van der Waals surface area contributed by atoms with Crippen molar-refractivity contribution < 1.29 is 14.3 Å². The van der Waals surface area contributed by atoms with Crippen LogP contribution in [0.3, 0.4) is 0 Å². The maximum absolute atomic E-state index is 11.8. The average Bonchev–Trinajstić information content (AvgIpc) is 3.05. The molecule has 23 heavy (non-hydrogen) atoms. The van der Waals surface area contributed by atoms with Crippen molar-refractivity contribution in [2.75, 3.05) is 30.9 Å². The molecular weight excluding hydrogens is 312 g/mol. The van der Waals surface area contributed by atoms with Crippen LogP contribution in [0.5, 0.6) is 0 Å². The Hall–Kier alpha value is -2.34. The molecule has 5 nitrogen and oxygen atoms in total. The standard InChI is InChI=1S/C17H20N2O3S/c1-19(2)14-7-5-13(6-8-14)18-16(20)12-22-17(21)10-9-15-4-3-11-23-15/h3-8,11H,9-10,12H2,1-2H3,(H,18,20). The predicted octanol–water partition coefficient (Wildman–Crippen LogP) is 2.93. The Balaban J connectivity index is 1.70. The molecule has 2 aromatic rings. The van der Waals surface area contributed by atoms with Crippen LogP contribution in [-0.4, -0.2) is 32.6 Å². The molecule has 6 heteroatoms. The number of anilines is 2. The van der Waals surface area contributed by atoms with Gasteiger partial charge in [-0.05, 0) is 42.1 Å². The molecule has 0 fully saturated rings. The molecule has 1 heterocycles. The summed E-state index contributed by atoms with van der Waals surface area (Å²) in [6.45, 7) is -0.265. The highest BCUT2D eigenvalue weighted by atomic mass is 32.1. The predicted molar refractivity (Wildman–Crippen MR) is 93.0 cm³/mol. The van der Waals surface area contributed by atoms with Crippen molar-refractivity contribution in [1.82, 2.24) is 0 Å². The van der Waals surface area contributed by atoms with E-state index in [1.165, 1.54) is 0 Å². The van der Waals surface area contributed by atoms with Gasteiger partial charge in [0.25, 0.3) is 5.91 Å². The van der Waals surface area contributed by atoms with Crippen LogP contribution >= 0.6 is 11.3 Å². The first kappa shape index (κ1) is 17.0. The van der Waals surface area contributed by atoms with E-state index in [0.29, 0.717) is 12.1 Å². The van der Waals surface area contributed by atoms with E-state index in [9.17, 15) is 9.59 Å². The molecule has 0 aliphatic rings. The van der Waals surface area contributed by atoms with Gasteiger partial charge in [0, 0.05) is 30.3 Å². The van der Waals surface area contributed by atoms with E-state index >= 15 is 0 Å². The van der Waals surface area contributed by atoms with Crippen molar-refractivity contribution in [1.29, 1.82) is 0 Å². The zero-order valence-corrected chi connectivity index (χ0v) is 14.1. The van der Waals surface area contributed by atoms with E-state index in [4.69, 9.17) is 4.74 Å². The maximum Gasteiger partial charge on any atom is 0.306 e. The summed E-state index contributed by atoms with van der Waals surface area (Å²) in [4.78, 5) is 26.5. The molecule has 0 aliphatic heterocycles. The van der Waals surface area contributed by atoms with Crippen LogP contribution in [0.4, 0.5) is 11.4 Å². The highest BCUT2D eigenvalue weighted by Crippen LogP contribution is 2.15. The zero-order chi connectivity index (χ0) is 16.7. The van der Waals surface area contributed by atoms with Gasteiger partial charge in [0.1, 0.15) is 0 Å². The molecule has 0 saturated carbocycles. The number of hydrogen-bond acceptors (Lipinski definition) is 5. The van der Waals surface area contributed by atoms with Gasteiger partial charge in [-0.3, -0.25) is 9.59 Å². The van der Waals surface area contributed by atoms with Crippen molar-refractivity contribution in [2.45, 2.75) is 12.8 Å². The number of carbonyl (C=O) groups excluding carboxylic acids is 2. The molecule has 2 rings (SSSR count). The molecule has 0 spiro atoms. The Kier molecular flexibility index (Phi) is 6.17. The molecule has 0 radical (unpaired) electrons. The molecule has 1 amide bonds. The third-order valence-corrected chi connectivity index (χ3v) is 4.12. The van der Waals surface area contributed by atoms with Crippen LogP contribution < -0.4 is 10.2 Å². The SMILES string of the molecule is CN(C)c1ccc(NC(=O)COC(=O)CCc2cccs2)cc1. The number of nitrogens with zero attached hydrogens (tertiary/aromatic N) is 1. The number of nitrogens with one attached hydrogen (secondary N) is 1. The number of ether oxygens (including phenoxy) is 1. The third-order valence-electron chi connectivity index (χ3n) is 3.19. The van der Waals surface area contributed by atoms with E-state index in [2.05, 4.69) is 5.32 Å². The van der Waals surface area contributed by atoms with Crippen molar-refractivity contribution in [3.05, 3.63) is 46.7 Å². The van der Waals surface area contributed by atoms with Gasteiger partial charge in [-0.1, -0.05) is 6.07 Å². The normalized spacial score (nSPS) is 10.2. The number of hydrogen-bond donors (Lipinski definition) is 1. The number of esters is 1. The van der Waals surface area contributed by atoms with Crippen molar-refractivity contribution in [2.24, 2.45) is 0 Å². The average molecular weight is 332 g/mol. The van der Waals surface area contributed by atoms with E-state index in [0.717, 1.165) is 10.6 Å². The first-order valence-electron chi connectivity index (χ1n) is 7.30. The number of aryl methyl sites for hydroxylation is 1. The lowest BCUT2D eigenvalue weighted by Crippen LogP contribution is -2.21. The Labute approximate surface area is 139 Å². The molecular formula is C17H20N2O3S. The van der Waals surface area contributed by atoms with E-state index < -0.39 is 0 Å². The molecule has 0 saturated heterocycles. The second-order valence-corrected chi connectivity index (χ2v) is 6.26. The Morgan fingerprint density at radius 2 is 1.91 bits per heavy atom. The minimum absolute atomic E-state index is 0.265. The van der Waals surface area contributed by atoms with Crippen LogP contribution in [0, 0.1) is 0 Å². The van der Waals surface area contributed by atoms with Crippen LogP contribution in [0.2, 0.25) is 0 Å². The van der Waals surface area contributed by atoms with E-state index in [1.807, 2.05) is 60.8 Å². The van der Waals surface area contributed by atoms with Crippen LogP contribution in [0.15, 0.2) is 41.8 Å². The van der Waals surface area contributed by atoms with Gasteiger partial charge in [-0.15, -0.1) is 11.3 Å². The van der Waals surface area contributed by atoms with Crippen molar-refractivity contribution in [3.8, 4) is 0 Å². The first-order valence-corrected chi connectivity index (χ1v) is 8.18. The highest BCUT2D eigenvalue weighted by Gasteiger charge is 2.09. The summed E-state index contributed by atoms with van der Waals surface area (Å²) >= 11 is 1.60. The van der Waals surface area contributed by atoms with Gasteiger partial charge in [0.2, 0.25) is 0 Å². The second-order valence-electron chi connectivity index (χ2n) is 5.23. The van der Waals surface area contributed by atoms with E-state index in [1.54, 1.807) is 11.3 Å². The lowest BCUT2D eigenvalue weighted by atomic mass is 10.2. The Morgan fingerprint density at radius 3 is 2.52 bits per heavy atom. The smallest absolute Gasteiger partial charge is 0.306 e. The molecule has 1 N–H and O–H groups in total. The summed E-state index contributed by atoms with van der Waals surface area (Å²) in [7, 11) is 3.90. The Bertz CT molecular complexity index is 636. The lowest BCUT2D eigenvalue weighted by Gasteiger charge is -2.13. The summed E-state index contributed by atoms with van der Waals surface area (Å²) in [6.07, 6.45) is 0.926. The molecule has 0 aliphatic carbocycles. The molecule has 0 atom stereocenters. The summed E-state index contributed by atoms with van der Waals surface area (Å²) in [5.41, 5.74) is 1.72. The summed E-state index contributed by atoms with van der Waals surface area (Å²) in [5.74, 6) is -0.705. The van der Waals surface area contributed by atoms with Gasteiger partial charge in [0.15, 0.2) is 6.61 Å². The molecule has 1 aromatic heterocycles. The van der Waals surface area contributed by atoms with Gasteiger partial charge >= 0.3 is 5.97 Å². The number of carbonyl (C=O) groups is 2. The fourth-order valence-electron chi connectivity index (χ4n) is 1.94. The van der Waals surface area contributed by atoms with Crippen molar-refractivity contribution >= 4 is 34.6 Å². The topological polar surface area (TPSA) is 58.6 Å². The summed E-state index contributed by atoms with van der Waals surface area (Å²) in [5, 5.41) is 4.67. The van der Waals surface area contributed by atoms with Crippen LogP contribution in [-0.2, 0) is 20.7 Å². The maximum atomic E-state index is 11.8. The summed E-state index contributed by atoms with van der Waals surface area (Å²) in [6, 6.07) is 11.4. The molecule has 122 valence electrons. The van der Waals surface area contributed by atoms with Gasteiger partial charge in [-0.25, -0.2) is 0 Å². The quantitative estimate of drug-likeness (QED) is 0.792. The lowest BCUT2D eigenvalue weighted by molar-refractivity contribution is -0.147. The van der Waals surface area contributed by atoms with Gasteiger partial charge in [-0.2, -0.15) is 0 Å². The third kappa shape index (κ3) is 5.75.